The molecular formula is C11H25NO2S. The van der Waals surface area contributed by atoms with Gasteiger partial charge in [-0.05, 0) is 24.8 Å². The lowest BCUT2D eigenvalue weighted by Gasteiger charge is -2.21. The molecule has 0 aliphatic heterocycles. The molecule has 0 spiro atoms. The first kappa shape index (κ1) is 15.1. The van der Waals surface area contributed by atoms with Gasteiger partial charge in [0.2, 0.25) is 0 Å². The van der Waals surface area contributed by atoms with Crippen LogP contribution in [-0.4, -0.2) is 36.0 Å². The maximum absolute atomic E-state index is 11.4. The molecule has 0 radical (unpaired) electrons. The van der Waals surface area contributed by atoms with Gasteiger partial charge in [0.15, 0.2) is 0 Å². The van der Waals surface area contributed by atoms with Crippen LogP contribution in [0.3, 0.4) is 0 Å². The molecule has 0 aromatic heterocycles. The van der Waals surface area contributed by atoms with Gasteiger partial charge in [-0.2, -0.15) is 0 Å². The summed E-state index contributed by atoms with van der Waals surface area (Å²) in [5, 5.41) is 0. The summed E-state index contributed by atoms with van der Waals surface area (Å²) in [7, 11) is 0.933. The average molecular weight is 235 g/mol. The van der Waals surface area contributed by atoms with Gasteiger partial charge in [0.1, 0.15) is 0 Å². The van der Waals surface area contributed by atoms with Gasteiger partial charge in [0.05, 0.1) is 6.61 Å². The Balaban J connectivity index is 3.42. The largest absolute Gasteiger partial charge is 0.384 e. The summed E-state index contributed by atoms with van der Waals surface area (Å²) in [6.07, 6.45) is 3.26. The SMILES string of the molecule is COCCS(=O)CCCCC(C)(C)CN. The lowest BCUT2D eigenvalue weighted by atomic mass is 9.88. The molecule has 15 heavy (non-hydrogen) atoms. The van der Waals surface area contributed by atoms with Gasteiger partial charge in [-0.15, -0.1) is 0 Å². The fourth-order valence-corrected chi connectivity index (χ4v) is 2.33. The Bertz CT molecular complexity index is 183. The van der Waals surface area contributed by atoms with E-state index in [4.69, 9.17) is 10.5 Å². The van der Waals surface area contributed by atoms with Crippen molar-refractivity contribution < 1.29 is 8.95 Å². The highest BCUT2D eigenvalue weighted by atomic mass is 32.2. The monoisotopic (exact) mass is 235 g/mol. The van der Waals surface area contributed by atoms with Crippen molar-refractivity contribution in [2.75, 3.05) is 31.8 Å². The Hall–Kier alpha value is 0.0700. The first-order chi connectivity index (χ1) is 7.02. The summed E-state index contributed by atoms with van der Waals surface area (Å²) >= 11 is 0. The summed E-state index contributed by atoms with van der Waals surface area (Å²) in [4.78, 5) is 0. The van der Waals surface area contributed by atoms with Gasteiger partial charge in [-0.3, -0.25) is 4.21 Å². The third-order valence-corrected chi connectivity index (χ3v) is 3.91. The molecule has 4 heteroatoms. The van der Waals surface area contributed by atoms with Gasteiger partial charge in [0.25, 0.3) is 0 Å². The van der Waals surface area contributed by atoms with Gasteiger partial charge in [0, 0.05) is 29.4 Å². The molecule has 0 aliphatic carbocycles. The van der Waals surface area contributed by atoms with E-state index in [0.29, 0.717) is 12.4 Å². The van der Waals surface area contributed by atoms with Gasteiger partial charge in [-0.25, -0.2) is 0 Å². The van der Waals surface area contributed by atoms with Crippen molar-refractivity contribution in [3.05, 3.63) is 0 Å². The second-order valence-corrected chi connectivity index (χ2v) is 6.36. The molecule has 92 valence electrons. The highest BCUT2D eigenvalue weighted by molar-refractivity contribution is 7.84. The number of hydrogen-bond acceptors (Lipinski definition) is 3. The van der Waals surface area contributed by atoms with E-state index < -0.39 is 10.8 Å². The summed E-state index contributed by atoms with van der Waals surface area (Å²) < 4.78 is 16.3. The molecule has 0 aliphatic rings. The predicted octanol–water partition coefficient (Wildman–Crippen LogP) is 1.54. The number of hydrogen-bond donors (Lipinski definition) is 1. The van der Waals surface area contributed by atoms with E-state index in [0.717, 1.165) is 31.6 Å². The van der Waals surface area contributed by atoms with Crippen molar-refractivity contribution in [1.82, 2.24) is 0 Å². The highest BCUT2D eigenvalue weighted by Gasteiger charge is 2.14. The second kappa shape index (κ2) is 8.25. The fraction of sp³-hybridized carbons (Fsp3) is 1.00. The predicted molar refractivity (Wildman–Crippen MR) is 66.4 cm³/mol. The van der Waals surface area contributed by atoms with Crippen LogP contribution in [0.1, 0.15) is 33.1 Å². The number of methoxy groups -OCH3 is 1. The molecule has 0 heterocycles. The normalized spacial score (nSPS) is 14.1. The quantitative estimate of drug-likeness (QED) is 0.617. The molecule has 0 amide bonds. The van der Waals surface area contributed by atoms with E-state index in [2.05, 4.69) is 13.8 Å². The Morgan fingerprint density at radius 1 is 1.27 bits per heavy atom. The summed E-state index contributed by atoms with van der Waals surface area (Å²) in [5.41, 5.74) is 5.87. The molecule has 0 aromatic rings. The number of unbranched alkanes of at least 4 members (excludes halogenated alkanes) is 1. The minimum atomic E-state index is -0.706. The van der Waals surface area contributed by atoms with Crippen LogP contribution in [0, 0.1) is 5.41 Å². The van der Waals surface area contributed by atoms with Crippen LogP contribution >= 0.6 is 0 Å². The summed E-state index contributed by atoms with van der Waals surface area (Å²) in [6.45, 7) is 5.67. The van der Waals surface area contributed by atoms with Crippen LogP contribution in [0.5, 0.6) is 0 Å². The molecule has 0 rings (SSSR count). The first-order valence-corrected chi connectivity index (χ1v) is 7.04. The zero-order valence-electron chi connectivity index (χ0n) is 10.3. The van der Waals surface area contributed by atoms with Crippen molar-refractivity contribution >= 4 is 10.8 Å². The average Bonchev–Trinajstić information content (AvgIpc) is 2.21. The molecular weight excluding hydrogens is 210 g/mol. The lowest BCUT2D eigenvalue weighted by Crippen LogP contribution is -2.23. The van der Waals surface area contributed by atoms with Crippen molar-refractivity contribution in [2.24, 2.45) is 11.1 Å². The van der Waals surface area contributed by atoms with Gasteiger partial charge in [-0.1, -0.05) is 20.3 Å². The van der Waals surface area contributed by atoms with Gasteiger partial charge >= 0.3 is 0 Å². The number of rotatable bonds is 9. The van der Waals surface area contributed by atoms with Crippen LogP contribution in [0.4, 0.5) is 0 Å². The second-order valence-electron chi connectivity index (χ2n) is 4.67. The lowest BCUT2D eigenvalue weighted by molar-refractivity contribution is 0.218. The van der Waals surface area contributed by atoms with Crippen LogP contribution in [-0.2, 0) is 15.5 Å². The minimum absolute atomic E-state index is 0.230. The van der Waals surface area contributed by atoms with Crippen LogP contribution < -0.4 is 5.73 Å². The van der Waals surface area contributed by atoms with E-state index in [-0.39, 0.29) is 5.41 Å². The maximum atomic E-state index is 11.4. The first-order valence-electron chi connectivity index (χ1n) is 5.56. The Kier molecular flexibility index (Phi) is 8.29. The zero-order valence-corrected chi connectivity index (χ0v) is 11.1. The van der Waals surface area contributed by atoms with E-state index in [1.54, 1.807) is 7.11 Å². The smallest absolute Gasteiger partial charge is 0.0577 e. The molecule has 0 aromatic carbocycles. The van der Waals surface area contributed by atoms with E-state index >= 15 is 0 Å². The van der Waals surface area contributed by atoms with Crippen molar-refractivity contribution in [1.29, 1.82) is 0 Å². The third-order valence-electron chi connectivity index (χ3n) is 2.54. The molecule has 1 atom stereocenters. The van der Waals surface area contributed by atoms with Crippen LogP contribution in [0.2, 0.25) is 0 Å². The molecule has 2 N–H and O–H groups in total. The van der Waals surface area contributed by atoms with E-state index in [9.17, 15) is 4.21 Å². The minimum Gasteiger partial charge on any atom is -0.384 e. The summed E-state index contributed by atoms with van der Waals surface area (Å²) in [6, 6.07) is 0. The summed E-state index contributed by atoms with van der Waals surface area (Å²) in [5.74, 6) is 1.46. The molecule has 0 fully saturated rings. The molecule has 0 saturated carbocycles. The third kappa shape index (κ3) is 9.03. The Morgan fingerprint density at radius 2 is 1.93 bits per heavy atom. The van der Waals surface area contributed by atoms with Gasteiger partial charge < -0.3 is 10.5 Å². The Labute approximate surface area is 96.2 Å². The molecule has 0 bridgehead atoms. The molecule has 3 nitrogen and oxygen atoms in total. The van der Waals surface area contributed by atoms with Crippen LogP contribution in [0.15, 0.2) is 0 Å². The number of ether oxygens (including phenoxy) is 1. The molecule has 1 unspecified atom stereocenters. The maximum Gasteiger partial charge on any atom is 0.0577 e. The topological polar surface area (TPSA) is 52.3 Å². The van der Waals surface area contributed by atoms with Crippen molar-refractivity contribution in [2.45, 2.75) is 33.1 Å². The number of nitrogens with two attached hydrogens (primary N) is 1. The zero-order chi connectivity index (χ0) is 11.7. The fourth-order valence-electron chi connectivity index (χ4n) is 1.25. The highest BCUT2D eigenvalue weighted by Crippen LogP contribution is 2.21. The van der Waals surface area contributed by atoms with Crippen molar-refractivity contribution in [3.63, 3.8) is 0 Å². The van der Waals surface area contributed by atoms with Crippen molar-refractivity contribution in [3.8, 4) is 0 Å². The standard InChI is InChI=1S/C11H25NO2S/c1-11(2,10-12)6-4-5-8-15(13)9-7-14-3/h4-10,12H2,1-3H3. The molecule has 0 saturated heterocycles. The Morgan fingerprint density at radius 3 is 2.47 bits per heavy atom. The van der Waals surface area contributed by atoms with Crippen LogP contribution in [0.25, 0.3) is 0 Å². The van der Waals surface area contributed by atoms with E-state index in [1.807, 2.05) is 0 Å². The van der Waals surface area contributed by atoms with E-state index in [1.165, 1.54) is 0 Å².